The average molecular weight is 367 g/mol. The number of anilines is 2. The van der Waals surface area contributed by atoms with Crippen molar-refractivity contribution >= 4 is 17.3 Å². The number of aromatic nitrogens is 1. The normalized spacial score (nSPS) is 14.5. The first-order valence-electron chi connectivity index (χ1n) is 9.48. The molecule has 1 aromatic heterocycles. The summed E-state index contributed by atoms with van der Waals surface area (Å²) in [6.07, 6.45) is 1.73. The Morgan fingerprint density at radius 3 is 2.37 bits per heavy atom. The molecule has 6 heteroatoms. The fourth-order valence-corrected chi connectivity index (χ4v) is 3.27. The van der Waals surface area contributed by atoms with Crippen LogP contribution in [0.4, 0.5) is 11.4 Å². The Bertz CT molecular complexity index is 769. The zero-order chi connectivity index (χ0) is 19.2. The predicted octanol–water partition coefficient (Wildman–Crippen LogP) is 2.01. The molecule has 2 heterocycles. The molecule has 1 aromatic carbocycles. The van der Waals surface area contributed by atoms with Crippen molar-refractivity contribution in [3.8, 4) is 0 Å². The lowest BCUT2D eigenvalue weighted by molar-refractivity contribution is 0.0946. The van der Waals surface area contributed by atoms with Gasteiger partial charge in [-0.1, -0.05) is 12.1 Å². The van der Waals surface area contributed by atoms with Crippen LogP contribution in [0, 0.1) is 6.92 Å². The van der Waals surface area contributed by atoms with Crippen molar-refractivity contribution in [2.45, 2.75) is 6.92 Å². The summed E-state index contributed by atoms with van der Waals surface area (Å²) in [4.78, 5) is 23.3. The van der Waals surface area contributed by atoms with Crippen molar-refractivity contribution in [2.75, 3.05) is 63.2 Å². The number of nitrogens with zero attached hydrogens (tertiary/aromatic N) is 4. The number of hydrogen-bond donors (Lipinski definition) is 1. The molecule has 0 bridgehead atoms. The van der Waals surface area contributed by atoms with Crippen molar-refractivity contribution in [3.05, 3.63) is 53.9 Å². The van der Waals surface area contributed by atoms with Crippen LogP contribution in [-0.2, 0) is 0 Å². The second-order valence-corrected chi connectivity index (χ2v) is 7.27. The highest BCUT2D eigenvalue weighted by molar-refractivity contribution is 5.93. The number of likely N-dealkylation sites (N-methyl/N-ethyl adjacent to an activating group) is 1. The molecule has 3 rings (SSSR count). The smallest absolute Gasteiger partial charge is 0.269 e. The van der Waals surface area contributed by atoms with Gasteiger partial charge >= 0.3 is 0 Å². The molecular weight excluding hydrogens is 338 g/mol. The first kappa shape index (κ1) is 19.2. The van der Waals surface area contributed by atoms with Gasteiger partial charge in [-0.3, -0.25) is 9.78 Å². The fraction of sp³-hybridized carbons (Fsp3) is 0.429. The summed E-state index contributed by atoms with van der Waals surface area (Å²) in [5, 5.41) is 2.92. The highest BCUT2D eigenvalue weighted by Gasteiger charge is 2.19. The molecule has 0 atom stereocenters. The summed E-state index contributed by atoms with van der Waals surface area (Å²) in [5.41, 5.74) is 4.11. The van der Waals surface area contributed by atoms with E-state index < -0.39 is 0 Å². The SMILES string of the molecule is Cc1cccc(N2CCN(c3ccnc(C(=O)NCCN(C)C)c3)CC2)c1. The molecule has 1 aliphatic heterocycles. The molecular formula is C21H29N5O. The maximum atomic E-state index is 12.3. The van der Waals surface area contributed by atoms with Gasteiger partial charge in [0, 0.05) is 56.8 Å². The molecule has 2 aromatic rings. The van der Waals surface area contributed by atoms with Crippen LogP contribution < -0.4 is 15.1 Å². The Kier molecular flexibility index (Phi) is 6.29. The van der Waals surface area contributed by atoms with Crippen LogP contribution in [-0.4, -0.2) is 69.2 Å². The Morgan fingerprint density at radius 2 is 1.74 bits per heavy atom. The van der Waals surface area contributed by atoms with Crippen molar-refractivity contribution in [1.29, 1.82) is 0 Å². The molecule has 27 heavy (non-hydrogen) atoms. The number of benzene rings is 1. The van der Waals surface area contributed by atoms with Gasteiger partial charge in [0.05, 0.1) is 0 Å². The van der Waals surface area contributed by atoms with Crippen LogP contribution in [0.1, 0.15) is 16.1 Å². The number of aryl methyl sites for hydroxylation is 1. The zero-order valence-corrected chi connectivity index (χ0v) is 16.5. The number of carbonyl (C=O) groups excluding carboxylic acids is 1. The van der Waals surface area contributed by atoms with E-state index in [9.17, 15) is 4.79 Å². The van der Waals surface area contributed by atoms with Crippen LogP contribution >= 0.6 is 0 Å². The topological polar surface area (TPSA) is 51.7 Å². The van der Waals surface area contributed by atoms with Crippen molar-refractivity contribution in [1.82, 2.24) is 15.2 Å². The van der Waals surface area contributed by atoms with Crippen LogP contribution in [0.3, 0.4) is 0 Å². The van der Waals surface area contributed by atoms with Crippen LogP contribution in [0.25, 0.3) is 0 Å². The van der Waals surface area contributed by atoms with Gasteiger partial charge < -0.3 is 20.0 Å². The minimum atomic E-state index is -0.114. The quantitative estimate of drug-likeness (QED) is 0.846. The van der Waals surface area contributed by atoms with E-state index in [-0.39, 0.29) is 5.91 Å². The average Bonchev–Trinajstić information content (AvgIpc) is 2.68. The third-order valence-electron chi connectivity index (χ3n) is 4.83. The van der Waals surface area contributed by atoms with E-state index in [1.54, 1.807) is 6.20 Å². The lowest BCUT2D eigenvalue weighted by Crippen LogP contribution is -2.46. The zero-order valence-electron chi connectivity index (χ0n) is 16.5. The molecule has 1 amide bonds. The minimum Gasteiger partial charge on any atom is -0.368 e. The molecule has 1 saturated heterocycles. The Morgan fingerprint density at radius 1 is 1.07 bits per heavy atom. The Labute approximate surface area is 161 Å². The van der Waals surface area contributed by atoms with Gasteiger partial charge in [0.1, 0.15) is 5.69 Å². The number of carbonyl (C=O) groups is 1. The molecule has 0 unspecified atom stereocenters. The van der Waals surface area contributed by atoms with E-state index >= 15 is 0 Å². The highest BCUT2D eigenvalue weighted by Crippen LogP contribution is 2.21. The summed E-state index contributed by atoms with van der Waals surface area (Å²) >= 11 is 0. The lowest BCUT2D eigenvalue weighted by Gasteiger charge is -2.37. The number of amides is 1. The van der Waals surface area contributed by atoms with E-state index in [0.29, 0.717) is 12.2 Å². The first-order chi connectivity index (χ1) is 13.0. The molecule has 0 radical (unpaired) electrons. The minimum absolute atomic E-state index is 0.114. The molecule has 6 nitrogen and oxygen atoms in total. The standard InChI is InChI=1S/C21H29N5O/c1-17-5-4-6-18(15-17)25-11-13-26(14-12-25)19-7-8-22-20(16-19)21(27)23-9-10-24(2)3/h4-8,15-16H,9-14H2,1-3H3,(H,23,27). The second kappa shape index (κ2) is 8.86. The molecule has 0 spiro atoms. The van der Waals surface area contributed by atoms with Gasteiger partial charge in [-0.2, -0.15) is 0 Å². The van der Waals surface area contributed by atoms with Gasteiger partial charge in [-0.25, -0.2) is 0 Å². The van der Waals surface area contributed by atoms with Gasteiger partial charge in [-0.05, 0) is 50.8 Å². The third kappa shape index (κ3) is 5.20. The van der Waals surface area contributed by atoms with Gasteiger partial charge in [0.2, 0.25) is 0 Å². The van der Waals surface area contributed by atoms with Gasteiger partial charge in [0.25, 0.3) is 5.91 Å². The molecule has 1 N–H and O–H groups in total. The highest BCUT2D eigenvalue weighted by atomic mass is 16.1. The molecule has 0 aliphatic carbocycles. The van der Waals surface area contributed by atoms with E-state index in [2.05, 4.69) is 51.3 Å². The number of rotatable bonds is 6. The van der Waals surface area contributed by atoms with E-state index in [1.165, 1.54) is 11.3 Å². The monoisotopic (exact) mass is 367 g/mol. The number of hydrogen-bond acceptors (Lipinski definition) is 5. The maximum Gasteiger partial charge on any atom is 0.269 e. The maximum absolute atomic E-state index is 12.3. The van der Waals surface area contributed by atoms with E-state index in [4.69, 9.17) is 0 Å². The summed E-state index contributed by atoms with van der Waals surface area (Å²) in [5.74, 6) is -0.114. The van der Waals surface area contributed by atoms with Gasteiger partial charge in [-0.15, -0.1) is 0 Å². The number of piperazine rings is 1. The molecule has 1 fully saturated rings. The van der Waals surface area contributed by atoms with Crippen molar-refractivity contribution in [3.63, 3.8) is 0 Å². The third-order valence-corrected chi connectivity index (χ3v) is 4.83. The van der Waals surface area contributed by atoms with Crippen molar-refractivity contribution < 1.29 is 4.79 Å². The fourth-order valence-electron chi connectivity index (χ4n) is 3.27. The van der Waals surface area contributed by atoms with Crippen LogP contribution in [0.2, 0.25) is 0 Å². The van der Waals surface area contributed by atoms with Crippen LogP contribution in [0.5, 0.6) is 0 Å². The summed E-state index contributed by atoms with van der Waals surface area (Å²) < 4.78 is 0. The van der Waals surface area contributed by atoms with Crippen molar-refractivity contribution in [2.24, 2.45) is 0 Å². The first-order valence-corrected chi connectivity index (χ1v) is 9.48. The number of nitrogens with one attached hydrogen (secondary N) is 1. The Balaban J connectivity index is 1.59. The summed E-state index contributed by atoms with van der Waals surface area (Å²) in [6, 6.07) is 12.5. The molecule has 1 aliphatic rings. The predicted molar refractivity (Wildman–Crippen MR) is 111 cm³/mol. The summed E-state index contributed by atoms with van der Waals surface area (Å²) in [6.45, 7) is 7.35. The Hall–Kier alpha value is -2.60. The largest absolute Gasteiger partial charge is 0.368 e. The van der Waals surface area contributed by atoms with Crippen LogP contribution in [0.15, 0.2) is 42.6 Å². The van der Waals surface area contributed by atoms with E-state index in [1.807, 2.05) is 31.1 Å². The second-order valence-electron chi connectivity index (χ2n) is 7.27. The summed E-state index contributed by atoms with van der Waals surface area (Å²) in [7, 11) is 3.98. The molecule has 144 valence electrons. The molecule has 0 saturated carbocycles. The lowest BCUT2D eigenvalue weighted by atomic mass is 10.2. The van der Waals surface area contributed by atoms with E-state index in [0.717, 1.165) is 38.4 Å². The van der Waals surface area contributed by atoms with Gasteiger partial charge in [0.15, 0.2) is 0 Å². The number of pyridine rings is 1.